The van der Waals surface area contributed by atoms with Crippen molar-refractivity contribution in [1.29, 1.82) is 0 Å². The Morgan fingerprint density at radius 3 is 0.923 bits per heavy atom. The van der Waals surface area contributed by atoms with Crippen LogP contribution < -0.4 is 0 Å². The summed E-state index contributed by atoms with van der Waals surface area (Å²) in [7, 11) is 0. The van der Waals surface area contributed by atoms with E-state index < -0.39 is 14.1 Å². The van der Waals surface area contributed by atoms with Gasteiger partial charge in [-0.1, -0.05) is 36.4 Å². The van der Waals surface area contributed by atoms with Gasteiger partial charge in [0.2, 0.25) is 0 Å². The smallest absolute Gasteiger partial charge is 0.0623 e. The van der Waals surface area contributed by atoms with Crippen LogP contribution in [0.15, 0.2) is 36.4 Å². The summed E-state index contributed by atoms with van der Waals surface area (Å²) in [6.45, 7) is 0. The third-order valence-electron chi connectivity index (χ3n) is 1.00. The number of hydrogen-bond acceptors (Lipinski definition) is 3. The molecule has 0 unspecified atom stereocenters. The van der Waals surface area contributed by atoms with E-state index in [-0.39, 0.29) is 0 Å². The van der Waals surface area contributed by atoms with Gasteiger partial charge in [-0.2, -0.15) is 0 Å². The zero-order valence-electron chi connectivity index (χ0n) is 6.83. The summed E-state index contributed by atoms with van der Waals surface area (Å²) in [5, 5.41) is 1.25. The molecule has 0 saturated carbocycles. The Hall–Kier alpha value is -1.24. The minimum Gasteiger partial charge on any atom is -0.0623 e. The largest absolute Gasteiger partial charge is 0.0623 e. The van der Waals surface area contributed by atoms with E-state index in [9.17, 15) is 14.4 Å². The van der Waals surface area contributed by atoms with Gasteiger partial charge in [-0.25, -0.2) is 0 Å². The van der Waals surface area contributed by atoms with Gasteiger partial charge < -0.3 is 0 Å². The van der Waals surface area contributed by atoms with Crippen molar-refractivity contribution in [3.8, 4) is 0 Å². The van der Waals surface area contributed by atoms with Gasteiger partial charge in [0.1, 0.15) is 0 Å². The first kappa shape index (κ1) is 11.8. The van der Waals surface area contributed by atoms with E-state index in [0.717, 1.165) is 0 Å². The minimum absolute atomic E-state index is 0.417. The molecule has 1 rings (SSSR count). The average Bonchev–Trinajstić information content (AvgIpc) is 2.24. The Labute approximate surface area is 80.8 Å². The van der Waals surface area contributed by atoms with Gasteiger partial charge >= 0.3 is 44.0 Å². The van der Waals surface area contributed by atoms with Crippen molar-refractivity contribution < 1.29 is 28.5 Å². The maximum absolute atomic E-state index is 9.56. The van der Waals surface area contributed by atoms with E-state index in [0.29, 0.717) is 15.4 Å². The summed E-state index contributed by atoms with van der Waals surface area (Å²) in [4.78, 5) is 28.7. The molecule has 0 spiro atoms. The first-order valence-electron chi connectivity index (χ1n) is 3.41. The van der Waals surface area contributed by atoms with Crippen LogP contribution in [0.2, 0.25) is 0 Å². The fourth-order valence-corrected chi connectivity index (χ4v) is 0.665. The molecule has 0 N–H and O–H groups in total. The van der Waals surface area contributed by atoms with Crippen molar-refractivity contribution in [2.45, 2.75) is 0 Å². The molecule has 0 bridgehead atoms. The second-order valence-corrected chi connectivity index (χ2v) is 4.03. The van der Waals surface area contributed by atoms with Crippen LogP contribution in [0.25, 0.3) is 0 Å². The molecule has 0 amide bonds. The topological polar surface area (TPSA) is 51.2 Å². The van der Waals surface area contributed by atoms with E-state index in [1.165, 1.54) is 0 Å². The second-order valence-electron chi connectivity index (χ2n) is 1.85. The molecular formula is C9H9CrO3. The van der Waals surface area contributed by atoms with E-state index in [1.54, 1.807) is 0 Å². The summed E-state index contributed by atoms with van der Waals surface area (Å²) >= 11 is -2.10. The van der Waals surface area contributed by atoms with Crippen molar-refractivity contribution in [3.63, 3.8) is 0 Å². The van der Waals surface area contributed by atoms with Gasteiger partial charge in [0.05, 0.1) is 0 Å². The van der Waals surface area contributed by atoms with Crippen LogP contribution in [-0.2, 0) is 28.5 Å². The van der Waals surface area contributed by atoms with Gasteiger partial charge in [-0.05, 0) is 0 Å². The molecule has 0 saturated heterocycles. The normalized spacial score (nSPS) is 8.08. The zero-order valence-corrected chi connectivity index (χ0v) is 8.10. The summed E-state index contributed by atoms with van der Waals surface area (Å²) < 4.78 is 0. The molecule has 1 aromatic carbocycles. The summed E-state index contributed by atoms with van der Waals surface area (Å²) in [6, 6.07) is 12.0. The Morgan fingerprint density at radius 1 is 0.615 bits per heavy atom. The van der Waals surface area contributed by atoms with E-state index in [2.05, 4.69) is 0 Å². The van der Waals surface area contributed by atoms with Crippen molar-refractivity contribution in [2.24, 2.45) is 0 Å². The zero-order chi connectivity index (χ0) is 9.94. The predicted molar refractivity (Wildman–Crippen MR) is 46.7 cm³/mol. The molecule has 0 aromatic heterocycles. The molecule has 69 valence electrons. The fourth-order valence-electron chi connectivity index (χ4n) is 0.453. The van der Waals surface area contributed by atoms with Crippen LogP contribution in [0.1, 0.15) is 0 Å². The molecule has 0 fully saturated rings. The summed E-state index contributed by atoms with van der Waals surface area (Å²) in [5.74, 6) is 0. The summed E-state index contributed by atoms with van der Waals surface area (Å²) in [5.41, 5.74) is 0. The molecule has 0 aliphatic rings. The second kappa shape index (κ2) is 8.86. The Kier molecular flexibility index (Phi) is 8.01. The Balaban J connectivity index is 0.000000223. The molecular weight excluding hydrogens is 208 g/mol. The molecule has 0 aliphatic heterocycles. The van der Waals surface area contributed by atoms with Crippen molar-refractivity contribution in [1.82, 2.24) is 0 Å². The molecule has 1 aromatic rings. The Bertz CT molecular complexity index is 203. The molecule has 13 heavy (non-hydrogen) atoms. The van der Waals surface area contributed by atoms with Crippen LogP contribution in [0.4, 0.5) is 0 Å². The van der Waals surface area contributed by atoms with Gasteiger partial charge in [0.25, 0.3) is 0 Å². The van der Waals surface area contributed by atoms with Crippen molar-refractivity contribution >= 4 is 15.4 Å². The average molecular weight is 217 g/mol. The Morgan fingerprint density at radius 2 is 0.846 bits per heavy atom. The number of hydrogen-bond donors (Lipinski definition) is 0. The third kappa shape index (κ3) is 7.13. The van der Waals surface area contributed by atoms with Gasteiger partial charge in [-0.15, -0.1) is 0 Å². The predicted octanol–water partition coefficient (Wildman–Crippen LogP) is 0.862. The molecule has 0 heterocycles. The maximum Gasteiger partial charge on any atom is -0.0623 e. The van der Waals surface area contributed by atoms with Crippen molar-refractivity contribution in [2.75, 3.05) is 0 Å². The molecule has 0 atom stereocenters. The van der Waals surface area contributed by atoms with E-state index >= 15 is 0 Å². The molecule has 0 aliphatic carbocycles. The first-order valence-corrected chi connectivity index (χ1v) is 5.62. The molecule has 3 nitrogen and oxygen atoms in total. The van der Waals surface area contributed by atoms with Crippen LogP contribution in [-0.4, -0.2) is 15.4 Å². The van der Waals surface area contributed by atoms with Gasteiger partial charge in [-0.3, -0.25) is 0 Å². The molecule has 4 heteroatoms. The maximum atomic E-state index is 9.56. The van der Waals surface area contributed by atoms with Crippen molar-refractivity contribution in [3.05, 3.63) is 36.4 Å². The van der Waals surface area contributed by atoms with Crippen LogP contribution >= 0.6 is 0 Å². The van der Waals surface area contributed by atoms with Gasteiger partial charge in [0, 0.05) is 0 Å². The monoisotopic (exact) mass is 217 g/mol. The molecule has 0 radical (unpaired) electrons. The number of carbonyl (C=O) groups excluding carboxylic acids is 3. The van der Waals surface area contributed by atoms with Crippen LogP contribution in [0.3, 0.4) is 0 Å². The number of carbonyl (C=O) groups is 3. The van der Waals surface area contributed by atoms with E-state index in [1.807, 2.05) is 36.4 Å². The van der Waals surface area contributed by atoms with Crippen LogP contribution in [0, 0.1) is 0 Å². The first-order chi connectivity index (χ1) is 6.35. The minimum atomic E-state index is -2.10. The SMILES string of the molecule is O=[CH][Cr]([CH]=O)[CH]=O.c1ccccc1. The fraction of sp³-hybridized carbons (Fsp3) is 0. The van der Waals surface area contributed by atoms with E-state index in [4.69, 9.17) is 0 Å². The third-order valence-corrected chi connectivity index (χ3v) is 2.04. The quantitative estimate of drug-likeness (QED) is 0.705. The number of rotatable bonds is 3. The number of benzene rings is 1. The van der Waals surface area contributed by atoms with Gasteiger partial charge in [0.15, 0.2) is 0 Å². The standard InChI is InChI=1S/C6H6.3CHO.Cr/c1-2-4-6-5-3-1;3*1-2;/h1-6H;3*1H;. The van der Waals surface area contributed by atoms with Crippen LogP contribution in [0.5, 0.6) is 0 Å². The summed E-state index contributed by atoms with van der Waals surface area (Å²) in [6.07, 6.45) is 0.